The molecule has 5 nitrogen and oxygen atoms in total. The molecule has 20 heavy (non-hydrogen) atoms. The average Bonchev–Trinajstić information content (AvgIpc) is 2.38. The Hall–Kier alpha value is -1.53. The molecule has 0 aliphatic carbocycles. The van der Waals surface area contributed by atoms with Crippen molar-refractivity contribution in [3.8, 4) is 0 Å². The number of nitrogens with zero attached hydrogens (tertiary/aromatic N) is 2. The highest BCUT2D eigenvalue weighted by Crippen LogP contribution is 2.23. The Kier molecular flexibility index (Phi) is 4.67. The van der Waals surface area contributed by atoms with Crippen molar-refractivity contribution in [2.45, 2.75) is 32.4 Å². The van der Waals surface area contributed by atoms with Gasteiger partial charge in [0.05, 0.1) is 4.92 Å². The lowest BCUT2D eigenvalue weighted by Gasteiger charge is -2.34. The molecule has 2 N–H and O–H groups in total. The molecule has 0 radical (unpaired) electrons. The van der Waals surface area contributed by atoms with Gasteiger partial charge in [-0.25, -0.2) is 0 Å². The third kappa shape index (κ3) is 3.52. The Morgan fingerprint density at radius 2 is 2.35 bits per heavy atom. The fourth-order valence-electron chi connectivity index (χ4n) is 2.72. The standard InChI is InChI=1S/C14H20FN3O2/c1-10(16)12-3-2-6-17(9-12)8-11-4-5-14(18(19)20)13(15)7-11/h4-5,7,10,12H,2-3,6,8-9,16H2,1H3. The molecule has 2 rings (SSSR count). The highest BCUT2D eigenvalue weighted by Gasteiger charge is 2.23. The minimum atomic E-state index is -0.770. The molecule has 110 valence electrons. The maximum absolute atomic E-state index is 13.6. The predicted molar refractivity (Wildman–Crippen MR) is 74.7 cm³/mol. The number of nitrogens with two attached hydrogens (primary N) is 1. The SMILES string of the molecule is CC(N)C1CCCN(Cc2ccc([N+](=O)[O-])c(F)c2)C1. The quantitative estimate of drug-likeness (QED) is 0.679. The number of nitro benzene ring substituents is 1. The van der Waals surface area contributed by atoms with Crippen molar-refractivity contribution in [3.63, 3.8) is 0 Å². The number of benzene rings is 1. The van der Waals surface area contributed by atoms with E-state index < -0.39 is 16.4 Å². The molecule has 0 bridgehead atoms. The number of rotatable bonds is 4. The summed E-state index contributed by atoms with van der Waals surface area (Å²) >= 11 is 0. The molecule has 1 aliphatic rings. The zero-order valence-corrected chi connectivity index (χ0v) is 11.6. The van der Waals surface area contributed by atoms with Crippen LogP contribution in [0.2, 0.25) is 0 Å². The van der Waals surface area contributed by atoms with Crippen molar-refractivity contribution in [3.05, 3.63) is 39.7 Å². The number of hydrogen-bond donors (Lipinski definition) is 1. The normalized spacial score (nSPS) is 21.6. The van der Waals surface area contributed by atoms with E-state index >= 15 is 0 Å². The molecule has 2 unspecified atom stereocenters. The molecule has 1 saturated heterocycles. The molecule has 1 heterocycles. The van der Waals surface area contributed by atoms with Crippen molar-refractivity contribution >= 4 is 5.69 Å². The summed E-state index contributed by atoms with van der Waals surface area (Å²) in [6, 6.07) is 4.27. The largest absolute Gasteiger partial charge is 0.328 e. The molecule has 0 saturated carbocycles. The van der Waals surface area contributed by atoms with Gasteiger partial charge in [0.1, 0.15) is 0 Å². The van der Waals surface area contributed by atoms with Crippen LogP contribution in [-0.4, -0.2) is 29.0 Å². The summed E-state index contributed by atoms with van der Waals surface area (Å²) in [5.74, 6) is -0.306. The van der Waals surface area contributed by atoms with E-state index in [1.165, 1.54) is 12.1 Å². The summed E-state index contributed by atoms with van der Waals surface area (Å²) in [6.07, 6.45) is 2.21. The van der Waals surface area contributed by atoms with Crippen LogP contribution in [0, 0.1) is 21.8 Å². The molecule has 6 heteroatoms. The molecule has 2 atom stereocenters. The van der Waals surface area contributed by atoms with Gasteiger partial charge in [0, 0.05) is 25.2 Å². The Bertz CT molecular complexity index is 493. The van der Waals surface area contributed by atoms with E-state index in [1.54, 1.807) is 6.07 Å². The van der Waals surface area contributed by atoms with E-state index in [-0.39, 0.29) is 6.04 Å². The van der Waals surface area contributed by atoms with Crippen molar-refractivity contribution in [2.75, 3.05) is 13.1 Å². The average molecular weight is 281 g/mol. The van der Waals surface area contributed by atoms with Crippen LogP contribution in [0.4, 0.5) is 10.1 Å². The van der Waals surface area contributed by atoms with E-state index in [9.17, 15) is 14.5 Å². The Morgan fingerprint density at radius 1 is 1.60 bits per heavy atom. The van der Waals surface area contributed by atoms with Crippen LogP contribution < -0.4 is 5.73 Å². The van der Waals surface area contributed by atoms with Crippen LogP contribution in [0.15, 0.2) is 18.2 Å². The second kappa shape index (κ2) is 6.28. The lowest BCUT2D eigenvalue weighted by molar-refractivity contribution is -0.387. The number of hydrogen-bond acceptors (Lipinski definition) is 4. The van der Waals surface area contributed by atoms with E-state index in [1.807, 2.05) is 6.92 Å². The second-order valence-electron chi connectivity index (χ2n) is 5.54. The third-order valence-corrected chi connectivity index (χ3v) is 3.90. The van der Waals surface area contributed by atoms with E-state index in [4.69, 9.17) is 5.73 Å². The summed E-state index contributed by atoms with van der Waals surface area (Å²) in [6.45, 7) is 4.48. The van der Waals surface area contributed by atoms with Gasteiger partial charge >= 0.3 is 5.69 Å². The van der Waals surface area contributed by atoms with Gasteiger partial charge in [-0.15, -0.1) is 0 Å². The first-order valence-electron chi connectivity index (χ1n) is 6.88. The summed E-state index contributed by atoms with van der Waals surface area (Å²) in [4.78, 5) is 12.1. The smallest absolute Gasteiger partial charge is 0.304 e. The van der Waals surface area contributed by atoms with E-state index in [0.29, 0.717) is 12.5 Å². The van der Waals surface area contributed by atoms with E-state index in [0.717, 1.165) is 31.5 Å². The van der Waals surface area contributed by atoms with Gasteiger partial charge in [0.15, 0.2) is 0 Å². The Labute approximate surface area is 117 Å². The zero-order chi connectivity index (χ0) is 14.7. The van der Waals surface area contributed by atoms with Gasteiger partial charge in [-0.1, -0.05) is 6.07 Å². The van der Waals surface area contributed by atoms with Crippen LogP contribution in [0.3, 0.4) is 0 Å². The topological polar surface area (TPSA) is 72.4 Å². The van der Waals surface area contributed by atoms with Gasteiger partial charge in [-0.3, -0.25) is 15.0 Å². The number of likely N-dealkylation sites (tertiary alicyclic amines) is 1. The molecular weight excluding hydrogens is 261 g/mol. The monoisotopic (exact) mass is 281 g/mol. The molecule has 0 spiro atoms. The summed E-state index contributed by atoms with van der Waals surface area (Å²) in [7, 11) is 0. The van der Waals surface area contributed by atoms with Gasteiger partial charge in [0.2, 0.25) is 5.82 Å². The molecule has 1 aliphatic heterocycles. The second-order valence-corrected chi connectivity index (χ2v) is 5.54. The minimum Gasteiger partial charge on any atom is -0.328 e. The minimum absolute atomic E-state index is 0.159. The van der Waals surface area contributed by atoms with E-state index in [2.05, 4.69) is 4.90 Å². The van der Waals surface area contributed by atoms with Crippen LogP contribution in [0.5, 0.6) is 0 Å². The predicted octanol–water partition coefficient (Wildman–Crippen LogP) is 2.29. The fourth-order valence-corrected chi connectivity index (χ4v) is 2.72. The van der Waals surface area contributed by atoms with Crippen molar-refractivity contribution in [1.82, 2.24) is 4.90 Å². The van der Waals surface area contributed by atoms with Crippen molar-refractivity contribution in [1.29, 1.82) is 0 Å². The maximum atomic E-state index is 13.6. The van der Waals surface area contributed by atoms with Crippen LogP contribution in [-0.2, 0) is 6.54 Å². The lowest BCUT2D eigenvalue weighted by atomic mass is 9.92. The maximum Gasteiger partial charge on any atom is 0.304 e. The van der Waals surface area contributed by atoms with Crippen LogP contribution in [0.25, 0.3) is 0 Å². The fraction of sp³-hybridized carbons (Fsp3) is 0.571. The van der Waals surface area contributed by atoms with Crippen molar-refractivity contribution < 1.29 is 9.31 Å². The summed E-state index contributed by atoms with van der Waals surface area (Å²) < 4.78 is 13.6. The lowest BCUT2D eigenvalue weighted by Crippen LogP contribution is -2.41. The molecular formula is C14H20FN3O2. The molecule has 0 aromatic heterocycles. The van der Waals surface area contributed by atoms with Crippen LogP contribution in [0.1, 0.15) is 25.3 Å². The molecule has 1 aromatic rings. The summed E-state index contributed by atoms with van der Waals surface area (Å²) in [5, 5.41) is 10.6. The number of halogens is 1. The van der Waals surface area contributed by atoms with Gasteiger partial charge < -0.3 is 5.73 Å². The Morgan fingerprint density at radius 3 is 2.95 bits per heavy atom. The van der Waals surface area contributed by atoms with Crippen molar-refractivity contribution in [2.24, 2.45) is 11.7 Å². The number of piperidine rings is 1. The Balaban J connectivity index is 2.03. The third-order valence-electron chi connectivity index (χ3n) is 3.90. The number of nitro groups is 1. The van der Waals surface area contributed by atoms with Gasteiger partial charge in [-0.05, 0) is 43.9 Å². The molecule has 0 amide bonds. The first-order chi connectivity index (χ1) is 9.47. The first-order valence-corrected chi connectivity index (χ1v) is 6.88. The van der Waals surface area contributed by atoms with Gasteiger partial charge in [-0.2, -0.15) is 4.39 Å². The highest BCUT2D eigenvalue weighted by molar-refractivity contribution is 5.35. The molecule has 1 fully saturated rings. The first kappa shape index (κ1) is 14.9. The summed E-state index contributed by atoms with van der Waals surface area (Å²) in [5.41, 5.74) is 6.23. The van der Waals surface area contributed by atoms with Crippen LogP contribution >= 0.6 is 0 Å². The van der Waals surface area contributed by atoms with Gasteiger partial charge in [0.25, 0.3) is 0 Å². The highest BCUT2D eigenvalue weighted by atomic mass is 19.1. The zero-order valence-electron chi connectivity index (χ0n) is 11.6. The molecule has 1 aromatic carbocycles.